The second-order valence-electron chi connectivity index (χ2n) is 6.03. The Bertz CT molecular complexity index is 475. The number of nitrogens with one attached hydrogen (secondary N) is 1. The normalized spacial score (nSPS) is 11.4. The molecule has 5 heteroatoms. The van der Waals surface area contributed by atoms with Crippen molar-refractivity contribution in [3.63, 3.8) is 0 Å². The summed E-state index contributed by atoms with van der Waals surface area (Å²) in [5, 5.41) is 11.8. The lowest BCUT2D eigenvalue weighted by Gasteiger charge is -2.26. The molecule has 0 fully saturated rings. The third kappa shape index (κ3) is 3.88. The molecule has 0 amide bonds. The Balaban J connectivity index is 2.98. The van der Waals surface area contributed by atoms with E-state index >= 15 is 0 Å². The van der Waals surface area contributed by atoms with Crippen LogP contribution >= 0.6 is 12.2 Å². The first-order chi connectivity index (χ1) is 9.25. The van der Waals surface area contributed by atoms with Gasteiger partial charge in [0.1, 0.15) is 4.99 Å². The van der Waals surface area contributed by atoms with E-state index in [4.69, 9.17) is 18.0 Å². The molecule has 0 bridgehead atoms. The smallest absolute Gasteiger partial charge is 0.159 e. The average Bonchev–Trinajstić information content (AvgIpc) is 2.32. The van der Waals surface area contributed by atoms with E-state index in [1.54, 1.807) is 0 Å². The first-order valence-corrected chi connectivity index (χ1v) is 7.54. The van der Waals surface area contributed by atoms with Crippen LogP contribution in [-0.2, 0) is 0 Å². The minimum Gasteiger partial charge on any atom is -0.389 e. The first kappa shape index (κ1) is 16.8. The van der Waals surface area contributed by atoms with Crippen LogP contribution in [0.1, 0.15) is 44.5 Å². The third-order valence-corrected chi connectivity index (χ3v) is 4.12. The van der Waals surface area contributed by atoms with Crippen molar-refractivity contribution in [2.45, 2.75) is 41.5 Å². The van der Waals surface area contributed by atoms with E-state index in [2.05, 4.69) is 43.2 Å². The van der Waals surface area contributed by atoms with Gasteiger partial charge in [-0.1, -0.05) is 39.9 Å². The molecule has 0 saturated heterocycles. The van der Waals surface area contributed by atoms with Crippen LogP contribution in [0.4, 0.5) is 5.82 Å². The summed E-state index contributed by atoms with van der Waals surface area (Å²) < 4.78 is 0. The molecule has 112 valence electrons. The fraction of sp³-hybridized carbons (Fsp3) is 0.667. The maximum absolute atomic E-state index is 5.83. The van der Waals surface area contributed by atoms with Gasteiger partial charge in [0, 0.05) is 6.54 Å². The van der Waals surface area contributed by atoms with Gasteiger partial charge in [0.2, 0.25) is 0 Å². The molecule has 0 atom stereocenters. The zero-order valence-corrected chi connectivity index (χ0v) is 14.1. The number of anilines is 1. The van der Waals surface area contributed by atoms with Gasteiger partial charge in [-0.3, -0.25) is 0 Å². The molecule has 0 saturated carbocycles. The van der Waals surface area contributed by atoms with E-state index in [1.165, 1.54) is 0 Å². The van der Waals surface area contributed by atoms with Crippen molar-refractivity contribution in [3.8, 4) is 0 Å². The lowest BCUT2D eigenvalue weighted by molar-refractivity contribution is 0.304. The van der Waals surface area contributed by atoms with Gasteiger partial charge in [-0.15, -0.1) is 5.10 Å². The van der Waals surface area contributed by atoms with Crippen molar-refractivity contribution >= 4 is 23.0 Å². The van der Waals surface area contributed by atoms with E-state index in [0.717, 1.165) is 23.4 Å². The number of nitrogens with two attached hydrogens (primary N) is 1. The van der Waals surface area contributed by atoms with Crippen molar-refractivity contribution < 1.29 is 0 Å². The maximum Gasteiger partial charge on any atom is 0.159 e. The van der Waals surface area contributed by atoms with Crippen LogP contribution in [0.2, 0.25) is 0 Å². The van der Waals surface area contributed by atoms with Gasteiger partial charge in [0.25, 0.3) is 0 Å². The van der Waals surface area contributed by atoms with Crippen LogP contribution in [0.3, 0.4) is 0 Å². The second-order valence-corrected chi connectivity index (χ2v) is 6.47. The lowest BCUT2D eigenvalue weighted by atomic mass is 9.85. The van der Waals surface area contributed by atoms with Crippen molar-refractivity contribution in [2.24, 2.45) is 23.5 Å². The van der Waals surface area contributed by atoms with E-state index in [1.807, 2.05) is 13.8 Å². The largest absolute Gasteiger partial charge is 0.389 e. The molecule has 0 aliphatic carbocycles. The van der Waals surface area contributed by atoms with Crippen LogP contribution in [0.5, 0.6) is 0 Å². The fourth-order valence-electron chi connectivity index (χ4n) is 2.49. The van der Waals surface area contributed by atoms with Crippen molar-refractivity contribution in [3.05, 3.63) is 16.8 Å². The molecule has 4 nitrogen and oxygen atoms in total. The standard InChI is InChI=1S/C15H26N4S/c1-8(2)12(9(3)4)7-17-15-13(14(16)20)10(5)11(6)18-19-15/h8-9,12H,7H2,1-6H3,(H2,16,20)(H,17,19). The highest BCUT2D eigenvalue weighted by Crippen LogP contribution is 2.23. The molecular formula is C15H26N4S. The molecule has 3 N–H and O–H groups in total. The van der Waals surface area contributed by atoms with E-state index in [9.17, 15) is 0 Å². The van der Waals surface area contributed by atoms with Crippen molar-refractivity contribution in [1.82, 2.24) is 10.2 Å². The van der Waals surface area contributed by atoms with Gasteiger partial charge < -0.3 is 11.1 Å². The zero-order chi connectivity index (χ0) is 15.4. The number of thiocarbonyl (C=S) groups is 1. The molecule has 0 aliphatic rings. The number of hydrogen-bond donors (Lipinski definition) is 2. The summed E-state index contributed by atoms with van der Waals surface area (Å²) in [5.41, 5.74) is 8.52. The Morgan fingerprint density at radius 3 is 2.15 bits per heavy atom. The van der Waals surface area contributed by atoms with Gasteiger partial charge in [-0.2, -0.15) is 5.10 Å². The summed E-state index contributed by atoms with van der Waals surface area (Å²) in [6.07, 6.45) is 0. The molecular weight excluding hydrogens is 268 g/mol. The van der Waals surface area contributed by atoms with E-state index in [-0.39, 0.29) is 0 Å². The molecule has 1 heterocycles. The predicted molar refractivity (Wildman–Crippen MR) is 89.0 cm³/mol. The van der Waals surface area contributed by atoms with E-state index < -0.39 is 0 Å². The summed E-state index contributed by atoms with van der Waals surface area (Å²) in [5.74, 6) is 2.48. The Morgan fingerprint density at radius 2 is 1.70 bits per heavy atom. The maximum atomic E-state index is 5.83. The monoisotopic (exact) mass is 294 g/mol. The van der Waals surface area contributed by atoms with Crippen LogP contribution in [0.25, 0.3) is 0 Å². The van der Waals surface area contributed by atoms with Gasteiger partial charge in [-0.05, 0) is 37.2 Å². The highest BCUT2D eigenvalue weighted by molar-refractivity contribution is 7.80. The zero-order valence-electron chi connectivity index (χ0n) is 13.3. The molecule has 0 unspecified atom stereocenters. The fourth-order valence-corrected chi connectivity index (χ4v) is 2.74. The number of hydrogen-bond acceptors (Lipinski definition) is 4. The molecule has 0 spiro atoms. The van der Waals surface area contributed by atoms with Crippen LogP contribution < -0.4 is 11.1 Å². The van der Waals surface area contributed by atoms with Gasteiger partial charge >= 0.3 is 0 Å². The Morgan fingerprint density at radius 1 is 1.15 bits per heavy atom. The quantitative estimate of drug-likeness (QED) is 0.789. The van der Waals surface area contributed by atoms with Crippen LogP contribution in [0.15, 0.2) is 0 Å². The minimum atomic E-state index is 0.369. The Labute approximate surface area is 127 Å². The molecule has 1 aromatic heterocycles. The second kappa shape index (κ2) is 6.97. The number of rotatable bonds is 6. The highest BCUT2D eigenvalue weighted by atomic mass is 32.1. The average molecular weight is 294 g/mol. The summed E-state index contributed by atoms with van der Waals surface area (Å²) in [6, 6.07) is 0. The molecule has 0 aromatic carbocycles. The van der Waals surface area contributed by atoms with Crippen molar-refractivity contribution in [2.75, 3.05) is 11.9 Å². The first-order valence-electron chi connectivity index (χ1n) is 7.13. The molecule has 0 radical (unpaired) electrons. The lowest BCUT2D eigenvalue weighted by Crippen LogP contribution is -2.26. The van der Waals surface area contributed by atoms with E-state index in [0.29, 0.717) is 28.6 Å². The number of nitrogens with zero attached hydrogens (tertiary/aromatic N) is 2. The summed E-state index contributed by atoms with van der Waals surface area (Å²) in [7, 11) is 0. The number of aromatic nitrogens is 2. The molecule has 0 aliphatic heterocycles. The summed E-state index contributed by atoms with van der Waals surface area (Å²) in [4.78, 5) is 0.369. The molecule has 20 heavy (non-hydrogen) atoms. The summed E-state index contributed by atoms with van der Waals surface area (Å²) >= 11 is 5.15. The van der Waals surface area contributed by atoms with Crippen LogP contribution in [0, 0.1) is 31.6 Å². The van der Waals surface area contributed by atoms with Crippen molar-refractivity contribution in [1.29, 1.82) is 0 Å². The van der Waals surface area contributed by atoms with Gasteiger partial charge in [0.05, 0.1) is 11.3 Å². The van der Waals surface area contributed by atoms with Gasteiger partial charge in [0.15, 0.2) is 5.82 Å². The molecule has 1 rings (SSSR count). The Kier molecular flexibility index (Phi) is 5.87. The topological polar surface area (TPSA) is 63.8 Å². The highest BCUT2D eigenvalue weighted by Gasteiger charge is 2.19. The SMILES string of the molecule is Cc1nnc(NCC(C(C)C)C(C)C)c(C(N)=S)c1C. The Hall–Kier alpha value is -1.23. The molecule has 1 aromatic rings. The minimum absolute atomic E-state index is 0.369. The number of aryl methyl sites for hydroxylation is 1. The van der Waals surface area contributed by atoms with Crippen LogP contribution in [-0.4, -0.2) is 21.7 Å². The predicted octanol–water partition coefficient (Wildman–Crippen LogP) is 3.07. The summed E-state index contributed by atoms with van der Waals surface area (Å²) in [6.45, 7) is 13.7. The third-order valence-electron chi connectivity index (χ3n) is 3.92. The van der Waals surface area contributed by atoms with Gasteiger partial charge in [-0.25, -0.2) is 0 Å².